The predicted octanol–water partition coefficient (Wildman–Crippen LogP) is 3.29. The second-order valence-corrected chi connectivity index (χ2v) is 4.88. The summed E-state index contributed by atoms with van der Waals surface area (Å²) in [6.45, 7) is 0.759. The molecule has 0 aliphatic carbocycles. The molecule has 0 aliphatic rings. The van der Waals surface area contributed by atoms with Crippen molar-refractivity contribution in [1.82, 2.24) is 9.88 Å². The van der Waals surface area contributed by atoms with E-state index >= 15 is 0 Å². The van der Waals surface area contributed by atoms with Crippen LogP contribution in [0, 0.1) is 11.3 Å². The van der Waals surface area contributed by atoms with Gasteiger partial charge in [0.15, 0.2) is 0 Å². The van der Waals surface area contributed by atoms with E-state index in [1.54, 1.807) is 41.6 Å². The molecule has 0 atom stereocenters. The quantitative estimate of drug-likeness (QED) is 0.851. The molecule has 4 nitrogen and oxygen atoms in total. The van der Waals surface area contributed by atoms with Crippen molar-refractivity contribution in [2.75, 3.05) is 6.54 Å². The van der Waals surface area contributed by atoms with Gasteiger partial charge in [-0.2, -0.15) is 5.26 Å². The van der Waals surface area contributed by atoms with Crippen LogP contribution in [0.2, 0.25) is 5.02 Å². The molecule has 0 spiro atoms. The predicted molar refractivity (Wildman–Crippen MR) is 80.7 cm³/mol. The lowest BCUT2D eigenvalue weighted by molar-refractivity contribution is 0.0747. The van der Waals surface area contributed by atoms with Crippen molar-refractivity contribution < 1.29 is 4.79 Å². The fourth-order valence-corrected chi connectivity index (χ4v) is 2.17. The van der Waals surface area contributed by atoms with Crippen LogP contribution in [0.4, 0.5) is 0 Å². The van der Waals surface area contributed by atoms with Gasteiger partial charge in [-0.05, 0) is 23.8 Å². The van der Waals surface area contributed by atoms with Crippen molar-refractivity contribution in [1.29, 1.82) is 5.26 Å². The molecule has 0 unspecified atom stereocenters. The van der Waals surface area contributed by atoms with Crippen molar-refractivity contribution in [3.63, 3.8) is 0 Å². The van der Waals surface area contributed by atoms with Gasteiger partial charge in [0.2, 0.25) is 0 Å². The first-order valence-electron chi connectivity index (χ1n) is 6.52. The maximum atomic E-state index is 12.6. The molecule has 0 saturated heterocycles. The number of nitriles is 1. The van der Waals surface area contributed by atoms with Gasteiger partial charge in [0.1, 0.15) is 0 Å². The molecule has 2 aromatic rings. The van der Waals surface area contributed by atoms with Crippen LogP contribution < -0.4 is 0 Å². The van der Waals surface area contributed by atoms with Crippen LogP contribution in [0.15, 0.2) is 48.8 Å². The van der Waals surface area contributed by atoms with E-state index in [2.05, 4.69) is 11.1 Å². The zero-order valence-electron chi connectivity index (χ0n) is 11.4. The molecule has 21 heavy (non-hydrogen) atoms. The van der Waals surface area contributed by atoms with Gasteiger partial charge in [0, 0.05) is 25.5 Å². The highest BCUT2D eigenvalue weighted by molar-refractivity contribution is 6.33. The van der Waals surface area contributed by atoms with E-state index in [4.69, 9.17) is 16.9 Å². The van der Waals surface area contributed by atoms with Gasteiger partial charge in [-0.3, -0.25) is 9.78 Å². The molecule has 1 aromatic carbocycles. The number of amides is 1. The first-order valence-corrected chi connectivity index (χ1v) is 6.90. The third-order valence-electron chi connectivity index (χ3n) is 2.98. The standard InChI is InChI=1S/C16H14ClN3O/c17-15-7-2-1-6-14(15)16(21)20(10-4-8-18)12-13-5-3-9-19-11-13/h1-3,5-7,9,11H,4,10,12H2. The summed E-state index contributed by atoms with van der Waals surface area (Å²) in [6, 6.07) is 12.7. The summed E-state index contributed by atoms with van der Waals surface area (Å²) in [5, 5.41) is 9.17. The van der Waals surface area contributed by atoms with Crippen LogP contribution in [-0.2, 0) is 6.54 Å². The number of hydrogen-bond donors (Lipinski definition) is 0. The third-order valence-corrected chi connectivity index (χ3v) is 3.31. The topological polar surface area (TPSA) is 57.0 Å². The summed E-state index contributed by atoms with van der Waals surface area (Å²) in [6.07, 6.45) is 3.66. The Morgan fingerprint density at radius 3 is 2.76 bits per heavy atom. The Labute approximate surface area is 128 Å². The van der Waals surface area contributed by atoms with Gasteiger partial charge in [0.25, 0.3) is 5.91 Å². The molecule has 5 heteroatoms. The number of carbonyl (C=O) groups is 1. The van der Waals surface area contributed by atoms with Gasteiger partial charge in [-0.15, -0.1) is 0 Å². The fraction of sp³-hybridized carbons (Fsp3) is 0.188. The summed E-state index contributed by atoms with van der Waals surface area (Å²) >= 11 is 6.08. The fourth-order valence-electron chi connectivity index (χ4n) is 1.95. The lowest BCUT2D eigenvalue weighted by atomic mass is 10.1. The molecule has 0 radical (unpaired) electrons. The van der Waals surface area contributed by atoms with E-state index in [-0.39, 0.29) is 12.3 Å². The molecule has 0 fully saturated rings. The Bertz CT molecular complexity index is 652. The van der Waals surface area contributed by atoms with Crippen molar-refractivity contribution in [3.8, 4) is 6.07 Å². The van der Waals surface area contributed by atoms with Crippen molar-refractivity contribution in [3.05, 3.63) is 64.9 Å². The molecular weight excluding hydrogens is 286 g/mol. The molecule has 106 valence electrons. The molecule has 1 heterocycles. The average Bonchev–Trinajstić information content (AvgIpc) is 2.52. The van der Waals surface area contributed by atoms with Crippen LogP contribution in [-0.4, -0.2) is 22.3 Å². The number of carbonyl (C=O) groups excluding carboxylic acids is 1. The van der Waals surface area contributed by atoms with Gasteiger partial charge >= 0.3 is 0 Å². The Kier molecular flexibility index (Phi) is 5.30. The van der Waals surface area contributed by atoms with E-state index in [0.29, 0.717) is 23.7 Å². The highest BCUT2D eigenvalue weighted by atomic mass is 35.5. The number of rotatable bonds is 5. The van der Waals surface area contributed by atoms with Crippen molar-refractivity contribution in [2.24, 2.45) is 0 Å². The first kappa shape index (κ1) is 15.0. The number of pyridine rings is 1. The minimum atomic E-state index is -0.181. The Balaban J connectivity index is 2.21. The van der Waals surface area contributed by atoms with Crippen LogP contribution in [0.5, 0.6) is 0 Å². The summed E-state index contributed by atoms with van der Waals surface area (Å²) in [7, 11) is 0. The van der Waals surface area contributed by atoms with E-state index in [1.807, 2.05) is 12.1 Å². The van der Waals surface area contributed by atoms with Crippen LogP contribution in [0.3, 0.4) is 0 Å². The zero-order chi connectivity index (χ0) is 15.1. The maximum Gasteiger partial charge on any atom is 0.255 e. The molecule has 0 N–H and O–H groups in total. The maximum absolute atomic E-state index is 12.6. The average molecular weight is 300 g/mol. The Morgan fingerprint density at radius 2 is 2.10 bits per heavy atom. The van der Waals surface area contributed by atoms with E-state index in [9.17, 15) is 4.79 Å². The van der Waals surface area contributed by atoms with Crippen molar-refractivity contribution in [2.45, 2.75) is 13.0 Å². The molecule has 0 bridgehead atoms. The van der Waals surface area contributed by atoms with Gasteiger partial charge in [-0.25, -0.2) is 0 Å². The van der Waals surface area contributed by atoms with Crippen LogP contribution in [0.1, 0.15) is 22.3 Å². The van der Waals surface area contributed by atoms with E-state index in [0.717, 1.165) is 5.56 Å². The summed E-state index contributed by atoms with van der Waals surface area (Å²) < 4.78 is 0. The van der Waals surface area contributed by atoms with Gasteiger partial charge in [0.05, 0.1) is 23.1 Å². The summed E-state index contributed by atoms with van der Waals surface area (Å²) in [5.74, 6) is -0.181. The SMILES string of the molecule is N#CCCN(Cc1cccnc1)C(=O)c1ccccc1Cl. The van der Waals surface area contributed by atoms with E-state index < -0.39 is 0 Å². The second-order valence-electron chi connectivity index (χ2n) is 4.48. The number of aromatic nitrogens is 1. The largest absolute Gasteiger partial charge is 0.333 e. The highest BCUT2D eigenvalue weighted by Gasteiger charge is 2.18. The summed E-state index contributed by atoms with van der Waals surface area (Å²) in [5.41, 5.74) is 1.36. The van der Waals surface area contributed by atoms with Crippen LogP contribution >= 0.6 is 11.6 Å². The first-order chi connectivity index (χ1) is 10.2. The molecule has 1 aromatic heterocycles. The van der Waals surface area contributed by atoms with Gasteiger partial charge < -0.3 is 4.90 Å². The van der Waals surface area contributed by atoms with Crippen molar-refractivity contribution >= 4 is 17.5 Å². The lowest BCUT2D eigenvalue weighted by Gasteiger charge is -2.22. The van der Waals surface area contributed by atoms with Gasteiger partial charge in [-0.1, -0.05) is 29.8 Å². The summed E-state index contributed by atoms with van der Waals surface area (Å²) in [4.78, 5) is 18.2. The zero-order valence-corrected chi connectivity index (χ0v) is 12.1. The monoisotopic (exact) mass is 299 g/mol. The Hall–Kier alpha value is -2.38. The molecule has 0 saturated carbocycles. The number of benzene rings is 1. The molecule has 2 rings (SSSR count). The smallest absolute Gasteiger partial charge is 0.255 e. The molecular formula is C16H14ClN3O. The number of hydrogen-bond acceptors (Lipinski definition) is 3. The third kappa shape index (κ3) is 4.04. The number of halogens is 1. The second kappa shape index (κ2) is 7.41. The normalized spacial score (nSPS) is 9.90. The molecule has 1 amide bonds. The van der Waals surface area contributed by atoms with E-state index in [1.165, 1.54) is 0 Å². The minimum Gasteiger partial charge on any atom is -0.333 e. The lowest BCUT2D eigenvalue weighted by Crippen LogP contribution is -2.31. The number of nitrogens with zero attached hydrogens (tertiary/aromatic N) is 3. The van der Waals surface area contributed by atoms with Crippen LogP contribution in [0.25, 0.3) is 0 Å². The Morgan fingerprint density at radius 1 is 1.29 bits per heavy atom. The minimum absolute atomic E-state index is 0.181. The molecule has 0 aliphatic heterocycles. The highest BCUT2D eigenvalue weighted by Crippen LogP contribution is 2.18.